The number of nitrogens with one attached hydrogen (secondary N) is 1. The van der Waals surface area contributed by atoms with Gasteiger partial charge >= 0.3 is 0 Å². The molecule has 2 aromatic carbocycles. The van der Waals surface area contributed by atoms with Crippen molar-refractivity contribution in [3.63, 3.8) is 0 Å². The minimum absolute atomic E-state index is 0.119. The van der Waals surface area contributed by atoms with Crippen LogP contribution in [0.25, 0.3) is 5.69 Å². The maximum Gasteiger partial charge on any atom is 0.165 e. The molecule has 0 radical (unpaired) electrons. The predicted octanol–water partition coefficient (Wildman–Crippen LogP) is 4.18. The summed E-state index contributed by atoms with van der Waals surface area (Å²) in [5, 5.41) is 7.97. The van der Waals surface area contributed by atoms with Crippen LogP contribution in [-0.2, 0) is 6.54 Å². The Bertz CT molecular complexity index is 845. The molecule has 0 aliphatic heterocycles. The quantitative estimate of drug-likeness (QED) is 0.732. The molecule has 0 fully saturated rings. The summed E-state index contributed by atoms with van der Waals surface area (Å²) in [4.78, 5) is 0. The molecule has 130 valence electrons. The van der Waals surface area contributed by atoms with Crippen LogP contribution in [-0.4, -0.2) is 16.9 Å². The van der Waals surface area contributed by atoms with E-state index in [2.05, 4.69) is 24.3 Å². The maximum atomic E-state index is 13.5. The van der Waals surface area contributed by atoms with Gasteiger partial charge in [0.05, 0.1) is 19.0 Å². The zero-order chi connectivity index (χ0) is 17.8. The van der Waals surface area contributed by atoms with Crippen molar-refractivity contribution in [2.45, 2.75) is 26.4 Å². The number of benzene rings is 2. The Balaban J connectivity index is 1.72. The van der Waals surface area contributed by atoms with E-state index in [9.17, 15) is 4.39 Å². The standard InChI is InChI=1S/C20H22FN3O/c1-14(22-12-16-9-10-19(21)20(11-16)25-3)18-13-23-24(15(18)2)17-7-5-4-6-8-17/h4-11,13-14,22H,12H2,1-3H3/t14-/m1/s1. The maximum absolute atomic E-state index is 13.5. The topological polar surface area (TPSA) is 39.1 Å². The van der Waals surface area contributed by atoms with Crippen molar-refractivity contribution in [3.8, 4) is 11.4 Å². The molecule has 5 heteroatoms. The second-order valence-electron chi connectivity index (χ2n) is 6.00. The van der Waals surface area contributed by atoms with Gasteiger partial charge < -0.3 is 10.1 Å². The van der Waals surface area contributed by atoms with Gasteiger partial charge in [0, 0.05) is 23.8 Å². The van der Waals surface area contributed by atoms with Crippen LogP contribution in [0.2, 0.25) is 0 Å². The third-order valence-corrected chi connectivity index (χ3v) is 4.34. The normalized spacial score (nSPS) is 12.2. The van der Waals surface area contributed by atoms with E-state index >= 15 is 0 Å². The molecule has 0 spiro atoms. The summed E-state index contributed by atoms with van der Waals surface area (Å²) < 4.78 is 20.5. The van der Waals surface area contributed by atoms with Gasteiger partial charge in [-0.15, -0.1) is 0 Å². The van der Waals surface area contributed by atoms with Gasteiger partial charge in [0.1, 0.15) is 0 Å². The van der Waals surface area contributed by atoms with Crippen molar-refractivity contribution >= 4 is 0 Å². The third-order valence-electron chi connectivity index (χ3n) is 4.34. The zero-order valence-corrected chi connectivity index (χ0v) is 14.7. The van der Waals surface area contributed by atoms with Crippen molar-refractivity contribution < 1.29 is 9.13 Å². The minimum atomic E-state index is -0.348. The largest absolute Gasteiger partial charge is 0.494 e. The van der Waals surface area contributed by atoms with Crippen molar-refractivity contribution in [2.24, 2.45) is 0 Å². The molecular weight excluding hydrogens is 317 g/mol. The van der Waals surface area contributed by atoms with Crippen molar-refractivity contribution in [1.29, 1.82) is 0 Å². The molecule has 1 N–H and O–H groups in total. The summed E-state index contributed by atoms with van der Waals surface area (Å²) in [6.07, 6.45) is 1.89. The highest BCUT2D eigenvalue weighted by Crippen LogP contribution is 2.22. The molecule has 0 saturated heterocycles. The predicted molar refractivity (Wildman–Crippen MR) is 96.5 cm³/mol. The molecule has 0 aliphatic rings. The summed E-state index contributed by atoms with van der Waals surface area (Å²) in [6, 6.07) is 15.1. The number of hydrogen-bond donors (Lipinski definition) is 1. The van der Waals surface area contributed by atoms with Crippen LogP contribution in [0.4, 0.5) is 4.39 Å². The molecule has 0 aliphatic carbocycles. The number of nitrogens with zero attached hydrogens (tertiary/aromatic N) is 2. The highest BCUT2D eigenvalue weighted by Gasteiger charge is 2.14. The van der Waals surface area contributed by atoms with Crippen molar-refractivity contribution in [2.75, 3.05) is 7.11 Å². The Labute approximate surface area is 147 Å². The molecule has 3 rings (SSSR count). The molecule has 25 heavy (non-hydrogen) atoms. The molecule has 3 aromatic rings. The highest BCUT2D eigenvalue weighted by atomic mass is 19.1. The Morgan fingerprint density at radius 2 is 1.96 bits per heavy atom. The van der Waals surface area contributed by atoms with Crippen LogP contribution in [0.5, 0.6) is 5.75 Å². The van der Waals surface area contributed by atoms with Crippen LogP contribution in [0, 0.1) is 12.7 Å². The first-order valence-electron chi connectivity index (χ1n) is 8.26. The van der Waals surface area contributed by atoms with Gasteiger partial charge in [-0.1, -0.05) is 24.3 Å². The first-order chi connectivity index (χ1) is 12.1. The fraction of sp³-hybridized carbons (Fsp3) is 0.250. The molecule has 0 saturated carbocycles. The van der Waals surface area contributed by atoms with Gasteiger partial charge in [-0.2, -0.15) is 5.10 Å². The Kier molecular flexibility index (Phi) is 5.14. The Morgan fingerprint density at radius 3 is 2.68 bits per heavy atom. The average Bonchev–Trinajstić information content (AvgIpc) is 3.03. The van der Waals surface area contributed by atoms with Crippen LogP contribution >= 0.6 is 0 Å². The van der Waals surface area contributed by atoms with Crippen LogP contribution < -0.4 is 10.1 Å². The lowest BCUT2D eigenvalue weighted by Gasteiger charge is -2.15. The molecule has 1 heterocycles. The smallest absolute Gasteiger partial charge is 0.165 e. The summed E-state index contributed by atoms with van der Waals surface area (Å²) in [7, 11) is 1.47. The average molecular weight is 339 g/mol. The first-order valence-corrected chi connectivity index (χ1v) is 8.26. The number of para-hydroxylation sites is 1. The lowest BCUT2D eigenvalue weighted by molar-refractivity contribution is 0.385. The van der Waals surface area contributed by atoms with Gasteiger partial charge in [0.25, 0.3) is 0 Å². The van der Waals surface area contributed by atoms with E-state index < -0.39 is 0 Å². The van der Waals surface area contributed by atoms with E-state index in [1.165, 1.54) is 13.2 Å². The lowest BCUT2D eigenvalue weighted by atomic mass is 10.1. The zero-order valence-electron chi connectivity index (χ0n) is 14.7. The van der Waals surface area contributed by atoms with Crippen molar-refractivity contribution in [1.82, 2.24) is 15.1 Å². The van der Waals surface area contributed by atoms with Gasteiger partial charge in [-0.05, 0) is 43.7 Å². The highest BCUT2D eigenvalue weighted by molar-refractivity contribution is 5.35. The second kappa shape index (κ2) is 7.49. The minimum Gasteiger partial charge on any atom is -0.494 e. The number of hydrogen-bond acceptors (Lipinski definition) is 3. The Hall–Kier alpha value is -2.66. The molecule has 1 atom stereocenters. The lowest BCUT2D eigenvalue weighted by Crippen LogP contribution is -2.18. The molecule has 4 nitrogen and oxygen atoms in total. The molecular formula is C20H22FN3O. The fourth-order valence-electron chi connectivity index (χ4n) is 2.87. The summed E-state index contributed by atoms with van der Waals surface area (Å²) in [5.41, 5.74) is 4.25. The first kappa shape index (κ1) is 17.2. The molecule has 0 unspecified atom stereocenters. The van der Waals surface area contributed by atoms with E-state index in [1.54, 1.807) is 12.1 Å². The van der Waals surface area contributed by atoms with Gasteiger partial charge in [0.2, 0.25) is 0 Å². The SMILES string of the molecule is COc1cc(CN[C@H](C)c2cnn(-c3ccccc3)c2C)ccc1F. The van der Waals surface area contributed by atoms with Crippen LogP contribution in [0.3, 0.4) is 0 Å². The van der Waals surface area contributed by atoms with E-state index in [4.69, 9.17) is 4.74 Å². The van der Waals surface area contributed by atoms with Crippen molar-refractivity contribution in [3.05, 3.63) is 77.4 Å². The number of methoxy groups -OCH3 is 1. The number of ether oxygens (including phenoxy) is 1. The van der Waals surface area contributed by atoms with Gasteiger partial charge in [-0.25, -0.2) is 9.07 Å². The summed E-state index contributed by atoms with van der Waals surface area (Å²) in [5.74, 6) is -0.0840. The van der Waals surface area contributed by atoms with Crippen LogP contribution in [0.1, 0.15) is 29.8 Å². The van der Waals surface area contributed by atoms with E-state index in [0.717, 1.165) is 22.5 Å². The monoisotopic (exact) mass is 339 g/mol. The fourth-order valence-corrected chi connectivity index (χ4v) is 2.87. The molecule has 1 aromatic heterocycles. The number of halogens is 1. The Morgan fingerprint density at radius 1 is 1.20 bits per heavy atom. The number of rotatable bonds is 6. The summed E-state index contributed by atoms with van der Waals surface area (Å²) in [6.45, 7) is 4.78. The van der Waals surface area contributed by atoms with Gasteiger partial charge in [0.15, 0.2) is 11.6 Å². The van der Waals surface area contributed by atoms with E-state index in [0.29, 0.717) is 6.54 Å². The molecule has 0 bridgehead atoms. The summed E-state index contributed by atoms with van der Waals surface area (Å²) >= 11 is 0. The van der Waals surface area contributed by atoms with Gasteiger partial charge in [-0.3, -0.25) is 0 Å². The second-order valence-corrected chi connectivity index (χ2v) is 6.00. The van der Waals surface area contributed by atoms with E-state index in [1.807, 2.05) is 41.2 Å². The van der Waals surface area contributed by atoms with E-state index in [-0.39, 0.29) is 17.6 Å². The third kappa shape index (κ3) is 3.72. The molecule has 0 amide bonds. The number of aromatic nitrogens is 2. The van der Waals surface area contributed by atoms with Crippen LogP contribution in [0.15, 0.2) is 54.7 Å².